The molecule has 0 saturated carbocycles. The van der Waals surface area contributed by atoms with Gasteiger partial charge in [-0.05, 0) is 13.3 Å². The SMILES string of the molecule is CCNc1ncnc(NCC2(OC)CCOC2)c1CC. The summed E-state index contributed by atoms with van der Waals surface area (Å²) in [6, 6.07) is 0. The fourth-order valence-corrected chi connectivity index (χ4v) is 2.43. The van der Waals surface area contributed by atoms with Gasteiger partial charge in [-0.25, -0.2) is 9.97 Å². The Morgan fingerprint density at radius 2 is 2.05 bits per heavy atom. The fraction of sp³-hybridized carbons (Fsp3) is 0.714. The quantitative estimate of drug-likeness (QED) is 0.792. The molecule has 1 aromatic heterocycles. The van der Waals surface area contributed by atoms with Crippen LogP contribution in [0, 0.1) is 0 Å². The van der Waals surface area contributed by atoms with Crippen molar-refractivity contribution in [3.63, 3.8) is 0 Å². The van der Waals surface area contributed by atoms with E-state index in [4.69, 9.17) is 9.47 Å². The lowest BCUT2D eigenvalue weighted by Gasteiger charge is -2.26. The number of rotatable bonds is 7. The van der Waals surface area contributed by atoms with Gasteiger partial charge >= 0.3 is 0 Å². The van der Waals surface area contributed by atoms with Gasteiger partial charge in [0.2, 0.25) is 0 Å². The fourth-order valence-electron chi connectivity index (χ4n) is 2.43. The zero-order valence-corrected chi connectivity index (χ0v) is 12.5. The first-order valence-electron chi connectivity index (χ1n) is 7.19. The highest BCUT2D eigenvalue weighted by atomic mass is 16.5. The van der Waals surface area contributed by atoms with Crippen molar-refractivity contribution in [2.45, 2.75) is 32.3 Å². The van der Waals surface area contributed by atoms with Crippen LogP contribution in [-0.4, -0.2) is 49.0 Å². The second kappa shape index (κ2) is 6.85. The van der Waals surface area contributed by atoms with Gasteiger partial charge in [-0.1, -0.05) is 6.92 Å². The maximum Gasteiger partial charge on any atom is 0.134 e. The molecular weight excluding hydrogens is 256 g/mol. The van der Waals surface area contributed by atoms with Crippen molar-refractivity contribution in [3.8, 4) is 0 Å². The average Bonchev–Trinajstić information content (AvgIpc) is 2.95. The van der Waals surface area contributed by atoms with E-state index in [1.807, 2.05) is 0 Å². The highest BCUT2D eigenvalue weighted by Crippen LogP contribution is 2.25. The Balaban J connectivity index is 2.10. The molecule has 2 N–H and O–H groups in total. The maximum atomic E-state index is 5.63. The number of ether oxygens (including phenoxy) is 2. The third-order valence-electron chi connectivity index (χ3n) is 3.72. The highest BCUT2D eigenvalue weighted by Gasteiger charge is 2.35. The van der Waals surface area contributed by atoms with Gasteiger partial charge in [0.05, 0.1) is 6.61 Å². The van der Waals surface area contributed by atoms with E-state index >= 15 is 0 Å². The molecule has 0 bridgehead atoms. The second-order valence-corrected chi connectivity index (χ2v) is 4.98. The van der Waals surface area contributed by atoms with Crippen molar-refractivity contribution in [2.75, 3.05) is 44.0 Å². The highest BCUT2D eigenvalue weighted by molar-refractivity contribution is 5.57. The van der Waals surface area contributed by atoms with E-state index in [0.29, 0.717) is 13.2 Å². The molecule has 1 fully saturated rings. The van der Waals surface area contributed by atoms with E-state index in [0.717, 1.165) is 43.2 Å². The topological polar surface area (TPSA) is 68.3 Å². The summed E-state index contributed by atoms with van der Waals surface area (Å²) in [5.41, 5.74) is 0.869. The smallest absolute Gasteiger partial charge is 0.134 e. The van der Waals surface area contributed by atoms with E-state index in [9.17, 15) is 0 Å². The first kappa shape index (κ1) is 15.0. The molecule has 20 heavy (non-hydrogen) atoms. The van der Waals surface area contributed by atoms with Crippen molar-refractivity contribution in [1.29, 1.82) is 0 Å². The minimum Gasteiger partial charge on any atom is -0.378 e. The van der Waals surface area contributed by atoms with Crippen LogP contribution in [0.2, 0.25) is 0 Å². The number of anilines is 2. The zero-order chi connectivity index (χ0) is 14.4. The number of hydrogen-bond acceptors (Lipinski definition) is 6. The van der Waals surface area contributed by atoms with E-state index in [1.54, 1.807) is 13.4 Å². The number of nitrogens with zero attached hydrogens (tertiary/aromatic N) is 2. The Hall–Kier alpha value is -1.40. The molecule has 0 aliphatic carbocycles. The third-order valence-corrected chi connectivity index (χ3v) is 3.72. The minimum absolute atomic E-state index is 0.242. The summed E-state index contributed by atoms with van der Waals surface area (Å²) in [4.78, 5) is 8.66. The molecule has 0 aromatic carbocycles. The van der Waals surface area contributed by atoms with Crippen LogP contribution in [-0.2, 0) is 15.9 Å². The van der Waals surface area contributed by atoms with Crippen LogP contribution in [0.5, 0.6) is 0 Å². The number of aromatic nitrogens is 2. The summed E-state index contributed by atoms with van der Waals surface area (Å²) in [5, 5.41) is 6.67. The van der Waals surface area contributed by atoms with Gasteiger partial charge in [0.25, 0.3) is 0 Å². The third kappa shape index (κ3) is 3.19. The van der Waals surface area contributed by atoms with Crippen LogP contribution < -0.4 is 10.6 Å². The van der Waals surface area contributed by atoms with Crippen LogP contribution in [0.15, 0.2) is 6.33 Å². The number of methoxy groups -OCH3 is 1. The van der Waals surface area contributed by atoms with Crippen molar-refractivity contribution in [2.24, 2.45) is 0 Å². The Morgan fingerprint density at radius 3 is 2.60 bits per heavy atom. The molecule has 6 nitrogen and oxygen atoms in total. The Labute approximate surface area is 120 Å². The standard InChI is InChI=1S/C14H24N4O2/c1-4-11-12(15-5-2)17-10-18-13(11)16-8-14(19-3)6-7-20-9-14/h10H,4-9H2,1-3H3,(H2,15,16,17,18). The number of hydrogen-bond donors (Lipinski definition) is 2. The lowest BCUT2D eigenvalue weighted by Crippen LogP contribution is -2.40. The van der Waals surface area contributed by atoms with E-state index in [2.05, 4.69) is 34.4 Å². The molecule has 1 aliphatic rings. The average molecular weight is 280 g/mol. The summed E-state index contributed by atoms with van der Waals surface area (Å²) >= 11 is 0. The van der Waals surface area contributed by atoms with Gasteiger partial charge in [-0.3, -0.25) is 0 Å². The Morgan fingerprint density at radius 1 is 1.30 bits per heavy atom. The molecule has 2 rings (SSSR count). The summed E-state index contributed by atoms with van der Waals surface area (Å²) in [6.45, 7) is 7.09. The molecule has 1 aromatic rings. The summed E-state index contributed by atoms with van der Waals surface area (Å²) < 4.78 is 11.1. The predicted octanol–water partition coefficient (Wildman–Crippen LogP) is 1.69. The molecule has 1 saturated heterocycles. The molecular formula is C14H24N4O2. The van der Waals surface area contributed by atoms with Gasteiger partial charge in [-0.2, -0.15) is 0 Å². The lowest BCUT2D eigenvalue weighted by molar-refractivity contribution is -0.00626. The first-order chi connectivity index (χ1) is 9.74. The summed E-state index contributed by atoms with van der Waals surface area (Å²) in [5.74, 6) is 1.78. The monoisotopic (exact) mass is 280 g/mol. The summed E-state index contributed by atoms with van der Waals surface area (Å²) in [6.07, 6.45) is 3.37. The molecule has 0 radical (unpaired) electrons. The van der Waals surface area contributed by atoms with Crippen molar-refractivity contribution in [1.82, 2.24) is 9.97 Å². The minimum atomic E-state index is -0.242. The van der Waals surface area contributed by atoms with Gasteiger partial charge < -0.3 is 20.1 Å². The zero-order valence-electron chi connectivity index (χ0n) is 12.5. The van der Waals surface area contributed by atoms with Crippen LogP contribution in [0.1, 0.15) is 25.8 Å². The molecule has 0 amide bonds. The van der Waals surface area contributed by atoms with Gasteiger partial charge in [0, 0.05) is 38.8 Å². The molecule has 1 unspecified atom stereocenters. The van der Waals surface area contributed by atoms with Crippen LogP contribution in [0.3, 0.4) is 0 Å². The Kier molecular flexibility index (Phi) is 5.14. The lowest BCUT2D eigenvalue weighted by atomic mass is 10.0. The van der Waals surface area contributed by atoms with Gasteiger partial charge in [0.15, 0.2) is 0 Å². The van der Waals surface area contributed by atoms with Crippen LogP contribution in [0.25, 0.3) is 0 Å². The molecule has 1 aliphatic heterocycles. The van der Waals surface area contributed by atoms with E-state index < -0.39 is 0 Å². The molecule has 6 heteroatoms. The summed E-state index contributed by atoms with van der Waals surface area (Å²) in [7, 11) is 1.74. The first-order valence-corrected chi connectivity index (χ1v) is 7.19. The van der Waals surface area contributed by atoms with Gasteiger partial charge in [0.1, 0.15) is 23.6 Å². The molecule has 0 spiro atoms. The van der Waals surface area contributed by atoms with Gasteiger partial charge in [-0.15, -0.1) is 0 Å². The van der Waals surface area contributed by atoms with Crippen molar-refractivity contribution in [3.05, 3.63) is 11.9 Å². The maximum absolute atomic E-state index is 5.63. The van der Waals surface area contributed by atoms with Crippen molar-refractivity contribution >= 4 is 11.6 Å². The van der Waals surface area contributed by atoms with Crippen LogP contribution in [0.4, 0.5) is 11.6 Å². The Bertz CT molecular complexity index is 433. The normalized spacial score (nSPS) is 21.9. The molecule has 1 atom stereocenters. The molecule has 112 valence electrons. The van der Waals surface area contributed by atoms with E-state index in [-0.39, 0.29) is 5.60 Å². The van der Waals surface area contributed by atoms with Crippen LogP contribution >= 0.6 is 0 Å². The molecule has 2 heterocycles. The predicted molar refractivity (Wildman–Crippen MR) is 79.2 cm³/mol. The van der Waals surface area contributed by atoms with E-state index in [1.165, 1.54) is 0 Å². The largest absolute Gasteiger partial charge is 0.378 e. The second-order valence-electron chi connectivity index (χ2n) is 4.98. The number of nitrogens with one attached hydrogen (secondary N) is 2. The van der Waals surface area contributed by atoms with Crippen molar-refractivity contribution < 1.29 is 9.47 Å².